The predicted molar refractivity (Wildman–Crippen MR) is 65.8 cm³/mol. The smallest absolute Gasteiger partial charge is 0.266 e. The van der Waals surface area contributed by atoms with Crippen LogP contribution in [0.5, 0.6) is 0 Å². The van der Waals surface area contributed by atoms with Crippen molar-refractivity contribution in [2.75, 3.05) is 13.2 Å². The molecule has 2 heterocycles. The topological polar surface area (TPSA) is 46.6 Å². The molecule has 1 fully saturated rings. The highest BCUT2D eigenvalue weighted by Crippen LogP contribution is 2.32. The van der Waals surface area contributed by atoms with Gasteiger partial charge < -0.3 is 0 Å². The fourth-order valence-electron chi connectivity index (χ4n) is 1.56. The summed E-state index contributed by atoms with van der Waals surface area (Å²) in [4.78, 5) is 6.31. The number of hydroxylamine groups is 1. The van der Waals surface area contributed by atoms with Crippen molar-refractivity contribution in [3.8, 4) is 0 Å². The van der Waals surface area contributed by atoms with Crippen LogP contribution < -0.4 is 0 Å². The summed E-state index contributed by atoms with van der Waals surface area (Å²) in [6.07, 6.45) is 1.77. The molecular weight excluding hydrogens is 314 g/mol. The molecule has 0 atom stereocenters. The molecule has 16 heavy (non-hydrogen) atoms. The van der Waals surface area contributed by atoms with Crippen molar-refractivity contribution in [3.63, 3.8) is 0 Å². The molecule has 4 nitrogen and oxygen atoms in total. The second-order valence-corrected chi connectivity index (χ2v) is 7.98. The van der Waals surface area contributed by atoms with Gasteiger partial charge in [-0.25, -0.2) is 8.42 Å². The van der Waals surface area contributed by atoms with Crippen molar-refractivity contribution < 1.29 is 13.3 Å². The molecular formula is C9H12BrNO3S2. The zero-order valence-electron chi connectivity index (χ0n) is 8.77. The average Bonchev–Trinajstić information content (AvgIpc) is 2.60. The molecule has 0 amide bonds. The molecule has 7 heteroatoms. The standard InChI is InChI=1S/C9H12BrNO3S2/c1-7-8(6-9(10)15-7)16(12,13)11-4-2-3-5-14-11/h6H,2-5H2,1H3. The van der Waals surface area contributed by atoms with E-state index >= 15 is 0 Å². The molecule has 0 aromatic carbocycles. The van der Waals surface area contributed by atoms with Gasteiger partial charge in [-0.2, -0.15) is 0 Å². The van der Waals surface area contributed by atoms with Crippen LogP contribution in [0.25, 0.3) is 0 Å². The molecule has 0 bridgehead atoms. The number of aryl methyl sites for hydroxylation is 1. The molecule has 0 aliphatic carbocycles. The van der Waals surface area contributed by atoms with E-state index in [0.717, 1.165) is 26.0 Å². The van der Waals surface area contributed by atoms with Crippen LogP contribution in [0, 0.1) is 6.92 Å². The van der Waals surface area contributed by atoms with Gasteiger partial charge in [-0.15, -0.1) is 11.3 Å². The molecule has 1 aromatic heterocycles. The highest BCUT2D eigenvalue weighted by atomic mass is 79.9. The highest BCUT2D eigenvalue weighted by Gasteiger charge is 2.29. The molecule has 90 valence electrons. The number of sulfonamides is 1. The van der Waals surface area contributed by atoms with Gasteiger partial charge in [-0.1, -0.05) is 4.47 Å². The predicted octanol–water partition coefficient (Wildman–Crippen LogP) is 2.54. The zero-order valence-corrected chi connectivity index (χ0v) is 12.0. The van der Waals surface area contributed by atoms with Gasteiger partial charge in [0.15, 0.2) is 0 Å². The first-order valence-electron chi connectivity index (χ1n) is 4.93. The Morgan fingerprint density at radius 1 is 1.50 bits per heavy atom. The second-order valence-electron chi connectivity index (χ2n) is 3.54. The lowest BCUT2D eigenvalue weighted by Gasteiger charge is -2.25. The van der Waals surface area contributed by atoms with E-state index in [4.69, 9.17) is 4.84 Å². The summed E-state index contributed by atoms with van der Waals surface area (Å²) < 4.78 is 26.3. The van der Waals surface area contributed by atoms with Crippen LogP contribution in [-0.4, -0.2) is 26.0 Å². The Bertz CT molecular complexity index is 477. The number of thiophene rings is 1. The third-order valence-electron chi connectivity index (χ3n) is 2.36. The number of hydrogen-bond donors (Lipinski definition) is 0. The molecule has 0 spiro atoms. The SMILES string of the molecule is Cc1sc(Br)cc1S(=O)(=O)N1CCCCO1. The van der Waals surface area contributed by atoms with E-state index in [9.17, 15) is 8.42 Å². The Morgan fingerprint density at radius 3 is 2.75 bits per heavy atom. The van der Waals surface area contributed by atoms with Gasteiger partial charge in [0.25, 0.3) is 10.0 Å². The number of halogens is 1. The van der Waals surface area contributed by atoms with Crippen molar-refractivity contribution in [2.45, 2.75) is 24.7 Å². The minimum absolute atomic E-state index is 0.339. The molecule has 0 radical (unpaired) electrons. The van der Waals surface area contributed by atoms with E-state index in [0.29, 0.717) is 18.0 Å². The lowest BCUT2D eigenvalue weighted by atomic mass is 10.3. The number of nitrogens with zero attached hydrogens (tertiary/aromatic N) is 1. The maximum atomic E-state index is 12.2. The Hall–Kier alpha value is 0.0500. The summed E-state index contributed by atoms with van der Waals surface area (Å²) in [5.41, 5.74) is 0. The van der Waals surface area contributed by atoms with Crippen LogP contribution >= 0.6 is 27.3 Å². The van der Waals surface area contributed by atoms with Gasteiger partial charge in [0.1, 0.15) is 0 Å². The largest absolute Gasteiger partial charge is 0.284 e. The summed E-state index contributed by atoms with van der Waals surface area (Å²) in [5, 5.41) is 0. The van der Waals surface area contributed by atoms with Crippen molar-refractivity contribution in [3.05, 3.63) is 14.7 Å². The molecule has 1 aliphatic rings. The first kappa shape index (κ1) is 12.5. The van der Waals surface area contributed by atoms with E-state index < -0.39 is 10.0 Å². The lowest BCUT2D eigenvalue weighted by Crippen LogP contribution is -2.35. The van der Waals surface area contributed by atoms with Gasteiger partial charge in [0.2, 0.25) is 0 Å². The van der Waals surface area contributed by atoms with Crippen LogP contribution in [0.15, 0.2) is 14.7 Å². The minimum Gasteiger partial charge on any atom is -0.284 e. The third kappa shape index (κ3) is 2.33. The van der Waals surface area contributed by atoms with Crippen molar-refractivity contribution in [2.24, 2.45) is 0 Å². The number of hydrogen-bond acceptors (Lipinski definition) is 4. The van der Waals surface area contributed by atoms with Crippen LogP contribution in [0.3, 0.4) is 0 Å². The monoisotopic (exact) mass is 325 g/mol. The summed E-state index contributed by atoms with van der Waals surface area (Å²) in [5.74, 6) is 0. The average molecular weight is 326 g/mol. The Kier molecular flexibility index (Phi) is 3.70. The molecule has 0 N–H and O–H groups in total. The van der Waals surface area contributed by atoms with Crippen molar-refractivity contribution in [1.29, 1.82) is 0 Å². The quantitative estimate of drug-likeness (QED) is 0.839. The summed E-state index contributed by atoms with van der Waals surface area (Å²) >= 11 is 4.71. The first-order chi connectivity index (χ1) is 7.51. The van der Waals surface area contributed by atoms with E-state index in [1.54, 1.807) is 13.0 Å². The van der Waals surface area contributed by atoms with Crippen LogP contribution in [0.2, 0.25) is 0 Å². The van der Waals surface area contributed by atoms with E-state index in [1.807, 2.05) is 0 Å². The Balaban J connectivity index is 2.34. The molecule has 1 saturated heterocycles. The zero-order chi connectivity index (χ0) is 11.8. The van der Waals surface area contributed by atoms with Crippen LogP contribution in [-0.2, 0) is 14.9 Å². The molecule has 1 aromatic rings. The van der Waals surface area contributed by atoms with Crippen molar-refractivity contribution in [1.82, 2.24) is 4.47 Å². The van der Waals surface area contributed by atoms with E-state index in [-0.39, 0.29) is 0 Å². The molecule has 0 unspecified atom stereocenters. The van der Waals surface area contributed by atoms with Gasteiger partial charge in [-0.05, 0) is 41.8 Å². The normalized spacial score (nSPS) is 18.9. The summed E-state index contributed by atoms with van der Waals surface area (Å²) in [6, 6.07) is 1.63. The van der Waals surface area contributed by atoms with Crippen LogP contribution in [0.4, 0.5) is 0 Å². The maximum Gasteiger partial charge on any atom is 0.266 e. The van der Waals surface area contributed by atoms with Gasteiger partial charge >= 0.3 is 0 Å². The maximum absolute atomic E-state index is 12.2. The lowest BCUT2D eigenvalue weighted by molar-refractivity contribution is -0.108. The summed E-state index contributed by atoms with van der Waals surface area (Å²) in [6.45, 7) is 2.71. The molecule has 0 saturated carbocycles. The molecule has 1 aliphatic heterocycles. The highest BCUT2D eigenvalue weighted by molar-refractivity contribution is 9.11. The van der Waals surface area contributed by atoms with Crippen molar-refractivity contribution >= 4 is 37.3 Å². The number of rotatable bonds is 2. The van der Waals surface area contributed by atoms with Gasteiger partial charge in [-0.3, -0.25) is 4.84 Å². The minimum atomic E-state index is -3.48. The third-order valence-corrected chi connectivity index (χ3v) is 5.85. The van der Waals surface area contributed by atoms with Gasteiger partial charge in [0.05, 0.1) is 15.3 Å². The molecule has 2 rings (SSSR count). The van der Waals surface area contributed by atoms with Gasteiger partial charge in [0, 0.05) is 11.4 Å². The van der Waals surface area contributed by atoms with E-state index in [2.05, 4.69) is 15.9 Å². The van der Waals surface area contributed by atoms with E-state index in [1.165, 1.54) is 11.3 Å². The summed E-state index contributed by atoms with van der Waals surface area (Å²) in [7, 11) is -3.48. The first-order valence-corrected chi connectivity index (χ1v) is 7.98. The Morgan fingerprint density at radius 2 is 2.25 bits per heavy atom. The Labute approximate surface area is 107 Å². The second kappa shape index (κ2) is 4.73. The van der Waals surface area contributed by atoms with Crippen LogP contribution in [0.1, 0.15) is 17.7 Å². The fourth-order valence-corrected chi connectivity index (χ4v) is 5.25. The fraction of sp³-hybridized carbons (Fsp3) is 0.556.